The van der Waals surface area contributed by atoms with E-state index < -0.39 is 0 Å². The first-order chi connectivity index (χ1) is 9.97. The Morgan fingerprint density at radius 3 is 2.95 bits per heavy atom. The van der Waals surface area contributed by atoms with Crippen LogP contribution in [0.3, 0.4) is 0 Å². The van der Waals surface area contributed by atoms with Crippen molar-refractivity contribution in [1.82, 2.24) is 14.7 Å². The number of hydrogen-bond donors (Lipinski definition) is 2. The Labute approximate surface area is 126 Å². The van der Waals surface area contributed by atoms with Crippen LogP contribution in [0.1, 0.15) is 39.7 Å². The van der Waals surface area contributed by atoms with Crippen LogP contribution in [-0.2, 0) is 4.79 Å². The Kier molecular flexibility index (Phi) is 5.36. The van der Waals surface area contributed by atoms with Gasteiger partial charge in [-0.25, -0.2) is 4.68 Å². The Morgan fingerprint density at radius 1 is 1.52 bits per heavy atom. The molecule has 2 unspecified atom stereocenters. The molecular formula is C15H27N5O. The predicted molar refractivity (Wildman–Crippen MR) is 84.1 cm³/mol. The smallest absolute Gasteiger partial charge is 0.239 e. The number of amides is 1. The predicted octanol–water partition coefficient (Wildman–Crippen LogP) is 1.46. The molecule has 0 aromatic carbocycles. The van der Waals surface area contributed by atoms with Crippen molar-refractivity contribution in [2.24, 2.45) is 11.7 Å². The van der Waals surface area contributed by atoms with Crippen molar-refractivity contribution >= 4 is 11.7 Å². The fourth-order valence-corrected chi connectivity index (χ4v) is 2.87. The van der Waals surface area contributed by atoms with E-state index in [0.717, 1.165) is 31.7 Å². The number of nitrogens with two attached hydrogens (primary N) is 1. The highest BCUT2D eigenvalue weighted by atomic mass is 16.2. The highest BCUT2D eigenvalue weighted by Crippen LogP contribution is 2.19. The first-order valence-corrected chi connectivity index (χ1v) is 7.78. The fraction of sp³-hybridized carbons (Fsp3) is 0.733. The summed E-state index contributed by atoms with van der Waals surface area (Å²) in [6, 6.07) is 2.25. The van der Waals surface area contributed by atoms with Crippen LogP contribution in [0.2, 0.25) is 0 Å². The van der Waals surface area contributed by atoms with E-state index in [-0.39, 0.29) is 18.0 Å². The summed E-state index contributed by atoms with van der Waals surface area (Å²) in [5, 5.41) is 7.17. The molecule has 6 heteroatoms. The zero-order valence-corrected chi connectivity index (χ0v) is 13.2. The molecule has 2 rings (SSSR count). The van der Waals surface area contributed by atoms with Crippen LogP contribution in [0.15, 0.2) is 12.3 Å². The van der Waals surface area contributed by atoms with Crippen molar-refractivity contribution in [3.8, 4) is 0 Å². The van der Waals surface area contributed by atoms with E-state index in [2.05, 4.69) is 22.2 Å². The lowest BCUT2D eigenvalue weighted by Crippen LogP contribution is -2.45. The van der Waals surface area contributed by atoms with E-state index in [4.69, 9.17) is 5.73 Å². The van der Waals surface area contributed by atoms with Crippen LogP contribution < -0.4 is 11.1 Å². The standard InChI is InChI=1S/C15H27N5O/c1-11(2)20-14(6-7-17-20)18-15(21)10-19-8-4-5-13(9-19)12(3)16/h6-7,11-13H,4-5,8-10,16H2,1-3H3,(H,18,21). The van der Waals surface area contributed by atoms with Gasteiger partial charge in [-0.2, -0.15) is 5.10 Å². The summed E-state index contributed by atoms with van der Waals surface area (Å²) in [5.41, 5.74) is 5.98. The average Bonchev–Trinajstić information content (AvgIpc) is 2.87. The zero-order chi connectivity index (χ0) is 15.4. The van der Waals surface area contributed by atoms with E-state index >= 15 is 0 Å². The van der Waals surface area contributed by atoms with Crippen molar-refractivity contribution in [3.63, 3.8) is 0 Å². The fourth-order valence-electron chi connectivity index (χ4n) is 2.87. The SMILES string of the molecule is CC(N)C1CCCN(CC(=O)Nc2ccnn2C(C)C)C1. The minimum absolute atomic E-state index is 0.0164. The lowest BCUT2D eigenvalue weighted by molar-refractivity contribution is -0.117. The van der Waals surface area contributed by atoms with Gasteiger partial charge in [0.05, 0.1) is 12.7 Å². The van der Waals surface area contributed by atoms with Gasteiger partial charge >= 0.3 is 0 Å². The maximum Gasteiger partial charge on any atom is 0.239 e. The molecule has 1 fully saturated rings. The number of piperidine rings is 1. The molecule has 3 N–H and O–H groups in total. The minimum Gasteiger partial charge on any atom is -0.328 e. The molecule has 1 amide bonds. The van der Waals surface area contributed by atoms with E-state index in [1.54, 1.807) is 6.20 Å². The molecule has 1 aliphatic heterocycles. The third kappa shape index (κ3) is 4.28. The van der Waals surface area contributed by atoms with Crippen molar-refractivity contribution in [3.05, 3.63) is 12.3 Å². The Balaban J connectivity index is 1.88. The van der Waals surface area contributed by atoms with Crippen molar-refractivity contribution in [2.75, 3.05) is 25.0 Å². The topological polar surface area (TPSA) is 76.2 Å². The van der Waals surface area contributed by atoms with Crippen molar-refractivity contribution in [1.29, 1.82) is 0 Å². The second kappa shape index (κ2) is 7.04. The molecule has 0 saturated carbocycles. The van der Waals surface area contributed by atoms with E-state index in [0.29, 0.717) is 12.5 Å². The number of carbonyl (C=O) groups excluding carboxylic acids is 1. The maximum absolute atomic E-state index is 12.2. The van der Waals surface area contributed by atoms with Gasteiger partial charge < -0.3 is 11.1 Å². The third-order valence-corrected chi connectivity index (χ3v) is 4.08. The van der Waals surface area contributed by atoms with Crippen LogP contribution in [-0.4, -0.2) is 46.3 Å². The molecule has 0 aliphatic carbocycles. The lowest BCUT2D eigenvalue weighted by Gasteiger charge is -2.34. The normalized spacial score (nSPS) is 21.5. The first-order valence-electron chi connectivity index (χ1n) is 7.78. The molecule has 21 heavy (non-hydrogen) atoms. The van der Waals surface area contributed by atoms with Crippen LogP contribution in [0.5, 0.6) is 0 Å². The summed E-state index contributed by atoms with van der Waals surface area (Å²) in [6.45, 7) is 8.44. The number of aromatic nitrogens is 2. The molecule has 2 atom stereocenters. The first kappa shape index (κ1) is 16.0. The van der Waals surface area contributed by atoms with Gasteiger partial charge in [-0.3, -0.25) is 9.69 Å². The summed E-state index contributed by atoms with van der Waals surface area (Å²) in [4.78, 5) is 14.4. The molecule has 1 aromatic rings. The molecule has 1 aromatic heterocycles. The molecule has 6 nitrogen and oxygen atoms in total. The summed E-state index contributed by atoms with van der Waals surface area (Å²) in [7, 11) is 0. The molecular weight excluding hydrogens is 266 g/mol. The summed E-state index contributed by atoms with van der Waals surface area (Å²) < 4.78 is 1.82. The number of anilines is 1. The highest BCUT2D eigenvalue weighted by Gasteiger charge is 2.24. The van der Waals surface area contributed by atoms with Crippen LogP contribution >= 0.6 is 0 Å². The molecule has 0 radical (unpaired) electrons. The van der Waals surface area contributed by atoms with Crippen LogP contribution in [0.4, 0.5) is 5.82 Å². The van der Waals surface area contributed by atoms with Gasteiger partial charge in [-0.15, -0.1) is 0 Å². The Hall–Kier alpha value is -1.40. The monoisotopic (exact) mass is 293 g/mol. The van der Waals surface area contributed by atoms with Gasteiger partial charge in [0.1, 0.15) is 5.82 Å². The molecule has 1 saturated heterocycles. The average molecular weight is 293 g/mol. The summed E-state index contributed by atoms with van der Waals surface area (Å²) >= 11 is 0. The number of carbonyl (C=O) groups is 1. The molecule has 0 spiro atoms. The largest absolute Gasteiger partial charge is 0.328 e. The van der Waals surface area contributed by atoms with E-state index in [9.17, 15) is 4.79 Å². The van der Waals surface area contributed by atoms with Gasteiger partial charge in [0, 0.05) is 24.7 Å². The van der Waals surface area contributed by atoms with Crippen molar-refractivity contribution < 1.29 is 4.79 Å². The zero-order valence-electron chi connectivity index (χ0n) is 13.2. The van der Waals surface area contributed by atoms with Gasteiger partial charge in [0.25, 0.3) is 0 Å². The van der Waals surface area contributed by atoms with Gasteiger partial charge in [-0.1, -0.05) is 0 Å². The second-order valence-corrected chi connectivity index (χ2v) is 6.30. The Bertz CT molecular complexity index is 468. The maximum atomic E-state index is 12.2. The quantitative estimate of drug-likeness (QED) is 0.862. The molecule has 118 valence electrons. The van der Waals surface area contributed by atoms with E-state index in [1.807, 2.05) is 24.6 Å². The lowest BCUT2D eigenvalue weighted by atomic mass is 9.92. The van der Waals surface area contributed by atoms with E-state index in [1.165, 1.54) is 0 Å². The summed E-state index contributed by atoms with van der Waals surface area (Å²) in [6.07, 6.45) is 3.99. The highest BCUT2D eigenvalue weighted by molar-refractivity contribution is 5.91. The van der Waals surface area contributed by atoms with Gasteiger partial charge in [0.2, 0.25) is 5.91 Å². The second-order valence-electron chi connectivity index (χ2n) is 6.30. The minimum atomic E-state index is 0.0164. The summed E-state index contributed by atoms with van der Waals surface area (Å²) in [5.74, 6) is 1.27. The van der Waals surface area contributed by atoms with Crippen LogP contribution in [0, 0.1) is 5.92 Å². The number of rotatable bonds is 5. The van der Waals surface area contributed by atoms with Crippen molar-refractivity contribution in [2.45, 2.75) is 45.7 Å². The molecule has 0 bridgehead atoms. The number of likely N-dealkylation sites (tertiary alicyclic amines) is 1. The van der Waals surface area contributed by atoms with Gasteiger partial charge in [0.15, 0.2) is 0 Å². The van der Waals surface area contributed by atoms with Gasteiger partial charge in [-0.05, 0) is 46.1 Å². The number of hydrogen-bond acceptors (Lipinski definition) is 4. The molecule has 2 heterocycles. The number of nitrogens with one attached hydrogen (secondary N) is 1. The molecule has 1 aliphatic rings. The van der Waals surface area contributed by atoms with Crippen LogP contribution in [0.25, 0.3) is 0 Å². The third-order valence-electron chi connectivity index (χ3n) is 4.08. The Morgan fingerprint density at radius 2 is 2.29 bits per heavy atom. The number of nitrogens with zero attached hydrogens (tertiary/aromatic N) is 3.